The minimum absolute atomic E-state index is 0.0578. The van der Waals surface area contributed by atoms with Crippen molar-refractivity contribution in [3.63, 3.8) is 0 Å². The molecule has 0 bridgehead atoms. The predicted octanol–water partition coefficient (Wildman–Crippen LogP) is 11.0. The van der Waals surface area contributed by atoms with E-state index in [1.165, 1.54) is 89.9 Å². The number of ketones is 1. The summed E-state index contributed by atoms with van der Waals surface area (Å²) in [6.45, 7) is 12.8. The van der Waals surface area contributed by atoms with E-state index in [9.17, 15) is 14.4 Å². The molecule has 1 rings (SSSR count). The van der Waals surface area contributed by atoms with Gasteiger partial charge in [-0.15, -0.1) is 0 Å². The Morgan fingerprint density at radius 3 is 1.88 bits per heavy atom. The van der Waals surface area contributed by atoms with E-state index in [4.69, 9.17) is 14.2 Å². The number of esters is 2. The van der Waals surface area contributed by atoms with E-state index in [1.807, 2.05) is 6.92 Å². The van der Waals surface area contributed by atoms with Gasteiger partial charge in [0, 0.05) is 32.4 Å². The third-order valence-electron chi connectivity index (χ3n) is 11.0. The highest BCUT2D eigenvalue weighted by Crippen LogP contribution is 2.41. The molecule has 0 aromatic heterocycles. The van der Waals surface area contributed by atoms with Crippen molar-refractivity contribution in [2.75, 3.05) is 26.4 Å². The van der Waals surface area contributed by atoms with E-state index in [-0.39, 0.29) is 42.3 Å². The van der Waals surface area contributed by atoms with Gasteiger partial charge in [-0.1, -0.05) is 144 Å². The highest BCUT2D eigenvalue weighted by Gasteiger charge is 2.39. The largest absolute Gasteiger partial charge is 0.462 e. The SMILES string of the molecule is CCCCCCCCCCCCCCCNCNC(CCOCC(=O)CC1CCC(OC(=O)CCC)C1C[C@H](C)CC)OC(=O)CCCCCCC. The summed E-state index contributed by atoms with van der Waals surface area (Å²) in [6, 6.07) is 0. The molecule has 52 heavy (non-hydrogen) atoms. The third kappa shape index (κ3) is 26.3. The zero-order valence-corrected chi connectivity index (χ0v) is 34.8. The molecule has 2 N–H and O–H groups in total. The summed E-state index contributed by atoms with van der Waals surface area (Å²) in [5, 5.41) is 6.81. The fourth-order valence-electron chi connectivity index (χ4n) is 7.48. The lowest BCUT2D eigenvalue weighted by Crippen LogP contribution is -2.41. The van der Waals surface area contributed by atoms with Crippen LogP contribution in [0.2, 0.25) is 0 Å². The molecule has 0 aromatic rings. The van der Waals surface area contributed by atoms with Crippen LogP contribution in [0, 0.1) is 17.8 Å². The van der Waals surface area contributed by atoms with Gasteiger partial charge < -0.3 is 19.5 Å². The lowest BCUT2D eigenvalue weighted by molar-refractivity contribution is -0.153. The summed E-state index contributed by atoms with van der Waals surface area (Å²) >= 11 is 0. The van der Waals surface area contributed by atoms with Crippen LogP contribution in [0.1, 0.15) is 208 Å². The average molecular weight is 737 g/mol. The number of ether oxygens (including phenoxy) is 3. The van der Waals surface area contributed by atoms with E-state index in [0.717, 1.165) is 64.3 Å². The first-order valence-corrected chi connectivity index (χ1v) is 22.3. The maximum absolute atomic E-state index is 13.0. The Bertz CT molecular complexity index is 870. The second-order valence-corrected chi connectivity index (χ2v) is 15.9. The molecule has 0 saturated heterocycles. The van der Waals surface area contributed by atoms with Gasteiger partial charge in [0.25, 0.3) is 0 Å². The number of nitrogens with one attached hydrogen (secondary N) is 2. The molecule has 0 radical (unpaired) electrons. The van der Waals surface area contributed by atoms with Crippen LogP contribution in [0.15, 0.2) is 0 Å². The molecule has 0 amide bonds. The molecule has 1 saturated carbocycles. The maximum Gasteiger partial charge on any atom is 0.307 e. The standard InChI is InChI=1S/C44H84N2O6/c1-6-10-12-14-15-16-17-18-19-20-21-23-25-31-45-36-46-42(52-44(49)27-24-22-13-11-7-2)30-32-50-35-39(47)34-38-28-29-41(51-43(48)26-8-3)40(38)33-37(5)9-4/h37-38,40-42,45-46H,6-36H2,1-5H3/t37-,38?,40?,41?,42?/m1/s1. The van der Waals surface area contributed by atoms with Crippen LogP contribution in [0.25, 0.3) is 0 Å². The Morgan fingerprint density at radius 2 is 1.29 bits per heavy atom. The lowest BCUT2D eigenvalue weighted by Gasteiger charge is -2.27. The Kier molecular flexibility index (Phi) is 31.7. The molecule has 0 heterocycles. The monoisotopic (exact) mass is 737 g/mol. The predicted molar refractivity (Wildman–Crippen MR) is 215 cm³/mol. The zero-order valence-electron chi connectivity index (χ0n) is 34.8. The molecule has 0 aromatic carbocycles. The second kappa shape index (κ2) is 34.0. The average Bonchev–Trinajstić information content (AvgIpc) is 3.48. The van der Waals surface area contributed by atoms with Gasteiger partial charge >= 0.3 is 11.9 Å². The first-order valence-electron chi connectivity index (χ1n) is 22.3. The Balaban J connectivity index is 2.39. The third-order valence-corrected chi connectivity index (χ3v) is 11.0. The molecule has 306 valence electrons. The first-order chi connectivity index (χ1) is 25.3. The van der Waals surface area contributed by atoms with Crippen molar-refractivity contribution in [2.45, 2.75) is 220 Å². The molecule has 5 atom stereocenters. The van der Waals surface area contributed by atoms with Gasteiger partial charge in [0.15, 0.2) is 12.0 Å². The van der Waals surface area contributed by atoms with E-state index in [1.54, 1.807) is 0 Å². The summed E-state index contributed by atoms with van der Waals surface area (Å²) < 4.78 is 17.6. The number of hydrogen-bond acceptors (Lipinski definition) is 8. The van der Waals surface area contributed by atoms with Gasteiger partial charge in [-0.05, 0) is 62.8 Å². The lowest BCUT2D eigenvalue weighted by atomic mass is 9.83. The fraction of sp³-hybridized carbons (Fsp3) is 0.932. The molecule has 8 nitrogen and oxygen atoms in total. The first kappa shape index (κ1) is 48.5. The summed E-state index contributed by atoms with van der Waals surface area (Å²) in [4.78, 5) is 38.0. The van der Waals surface area contributed by atoms with Crippen LogP contribution < -0.4 is 10.6 Å². The van der Waals surface area contributed by atoms with Gasteiger partial charge in [-0.3, -0.25) is 19.7 Å². The number of rotatable bonds is 37. The number of hydrogen-bond donors (Lipinski definition) is 2. The van der Waals surface area contributed by atoms with Crippen LogP contribution in [-0.4, -0.2) is 56.5 Å². The van der Waals surface area contributed by atoms with Crippen LogP contribution in [-0.2, 0) is 28.6 Å². The number of carbonyl (C=O) groups excluding carboxylic acids is 3. The van der Waals surface area contributed by atoms with Gasteiger partial charge in [-0.2, -0.15) is 0 Å². The van der Waals surface area contributed by atoms with E-state index in [0.29, 0.717) is 44.9 Å². The molecule has 4 unspecified atom stereocenters. The summed E-state index contributed by atoms with van der Waals surface area (Å²) in [7, 11) is 0. The fourth-order valence-corrected chi connectivity index (χ4v) is 7.48. The van der Waals surface area contributed by atoms with Crippen molar-refractivity contribution in [3.05, 3.63) is 0 Å². The maximum atomic E-state index is 13.0. The molecule has 0 spiro atoms. The van der Waals surface area contributed by atoms with Gasteiger partial charge in [0.1, 0.15) is 12.7 Å². The smallest absolute Gasteiger partial charge is 0.307 e. The molecule has 1 aliphatic carbocycles. The quantitative estimate of drug-likeness (QED) is 0.0369. The minimum atomic E-state index is -0.453. The number of carbonyl (C=O) groups is 3. The molecule has 1 aliphatic rings. The Morgan fingerprint density at radius 1 is 0.692 bits per heavy atom. The highest BCUT2D eigenvalue weighted by atomic mass is 16.6. The van der Waals surface area contributed by atoms with Gasteiger partial charge in [0.05, 0.1) is 6.61 Å². The summed E-state index contributed by atoms with van der Waals surface area (Å²) in [5.74, 6) is 0.765. The van der Waals surface area contributed by atoms with Crippen LogP contribution >= 0.6 is 0 Å². The molecule has 1 fully saturated rings. The van der Waals surface area contributed by atoms with E-state index in [2.05, 4.69) is 38.3 Å². The second-order valence-electron chi connectivity index (χ2n) is 15.9. The zero-order chi connectivity index (χ0) is 38.1. The van der Waals surface area contributed by atoms with Gasteiger partial charge in [0.2, 0.25) is 0 Å². The topological polar surface area (TPSA) is 103 Å². The number of unbranched alkanes of at least 4 members (excludes halogenated alkanes) is 16. The number of Topliss-reactive ketones (excluding diaryl/α,β-unsaturated/α-hetero) is 1. The Labute approximate surface area is 320 Å². The van der Waals surface area contributed by atoms with Crippen molar-refractivity contribution in [2.24, 2.45) is 17.8 Å². The van der Waals surface area contributed by atoms with E-state index < -0.39 is 6.23 Å². The van der Waals surface area contributed by atoms with E-state index >= 15 is 0 Å². The van der Waals surface area contributed by atoms with Gasteiger partial charge in [-0.25, -0.2) is 0 Å². The summed E-state index contributed by atoms with van der Waals surface area (Å²) in [5.41, 5.74) is 0. The highest BCUT2D eigenvalue weighted by molar-refractivity contribution is 5.80. The van der Waals surface area contributed by atoms with Crippen LogP contribution in [0.5, 0.6) is 0 Å². The van der Waals surface area contributed by atoms with Crippen molar-refractivity contribution in [1.29, 1.82) is 0 Å². The molecule has 8 heteroatoms. The van der Waals surface area contributed by atoms with Crippen molar-refractivity contribution >= 4 is 17.7 Å². The normalized spacial score (nSPS) is 18.4. The summed E-state index contributed by atoms with van der Waals surface area (Å²) in [6.07, 6.45) is 28.8. The minimum Gasteiger partial charge on any atom is -0.462 e. The van der Waals surface area contributed by atoms with Crippen molar-refractivity contribution in [1.82, 2.24) is 10.6 Å². The van der Waals surface area contributed by atoms with Crippen LogP contribution in [0.4, 0.5) is 0 Å². The van der Waals surface area contributed by atoms with Crippen LogP contribution in [0.3, 0.4) is 0 Å². The van der Waals surface area contributed by atoms with Crippen molar-refractivity contribution < 1.29 is 28.6 Å². The molecule has 0 aliphatic heterocycles. The van der Waals surface area contributed by atoms with Crippen molar-refractivity contribution in [3.8, 4) is 0 Å². The molecular formula is C44H84N2O6. The molecular weight excluding hydrogens is 652 g/mol. The Hall–Kier alpha value is -1.51.